The van der Waals surface area contributed by atoms with E-state index in [2.05, 4.69) is 0 Å². The fourth-order valence-corrected chi connectivity index (χ4v) is 2.97. The minimum absolute atomic E-state index is 0.186. The number of thioether (sulfide) groups is 1. The maximum absolute atomic E-state index is 12.4. The average Bonchev–Trinajstić information content (AvgIpc) is 2.82. The molecule has 0 N–H and O–H groups in total. The van der Waals surface area contributed by atoms with Gasteiger partial charge in [-0.1, -0.05) is 12.1 Å². The Morgan fingerprint density at radius 3 is 2.62 bits per heavy atom. The van der Waals surface area contributed by atoms with Gasteiger partial charge in [0.1, 0.15) is 6.54 Å². The monoisotopic (exact) mass is 351 g/mol. The van der Waals surface area contributed by atoms with Crippen molar-refractivity contribution in [3.8, 4) is 11.5 Å². The largest absolute Gasteiger partial charge is 0.493 e. The lowest BCUT2D eigenvalue weighted by Crippen LogP contribution is -2.34. The number of ether oxygens (including phenoxy) is 3. The lowest BCUT2D eigenvalue weighted by Gasteiger charge is -2.11. The summed E-state index contributed by atoms with van der Waals surface area (Å²) in [5, 5.41) is -0.513. The minimum Gasteiger partial charge on any atom is -0.493 e. The molecule has 1 aromatic carbocycles. The zero-order valence-electron chi connectivity index (χ0n) is 13.5. The summed E-state index contributed by atoms with van der Waals surface area (Å²) in [7, 11) is 3.00. The number of rotatable bonds is 6. The molecule has 0 radical (unpaired) electrons. The van der Waals surface area contributed by atoms with Crippen LogP contribution in [0.15, 0.2) is 23.1 Å². The Bertz CT molecular complexity index is 700. The molecule has 0 aromatic heterocycles. The Labute approximate surface area is 143 Å². The Hall–Kier alpha value is -2.48. The lowest BCUT2D eigenvalue weighted by atomic mass is 10.1. The summed E-state index contributed by atoms with van der Waals surface area (Å²) in [5.41, 5.74) is 0.596. The van der Waals surface area contributed by atoms with Crippen molar-refractivity contribution < 1.29 is 28.6 Å². The number of carbonyl (C=O) groups is 3. The number of nitrogens with zero attached hydrogens (tertiary/aromatic N) is 1. The number of methoxy groups -OCH3 is 2. The number of para-hydroxylation sites is 1. The first-order valence-electron chi connectivity index (χ1n) is 7.13. The van der Waals surface area contributed by atoms with Gasteiger partial charge in [0.2, 0.25) is 0 Å². The normalized spacial score (nSPS) is 15.8. The van der Waals surface area contributed by atoms with Crippen LogP contribution in [0.1, 0.15) is 12.5 Å². The second-order valence-electron chi connectivity index (χ2n) is 4.66. The molecule has 128 valence electrons. The van der Waals surface area contributed by atoms with Gasteiger partial charge < -0.3 is 14.2 Å². The van der Waals surface area contributed by atoms with Crippen molar-refractivity contribution in [3.63, 3.8) is 0 Å². The second-order valence-corrected chi connectivity index (χ2v) is 5.65. The summed E-state index contributed by atoms with van der Waals surface area (Å²) in [5.74, 6) is -0.197. The zero-order valence-corrected chi connectivity index (χ0v) is 14.3. The van der Waals surface area contributed by atoms with Crippen LogP contribution in [0.2, 0.25) is 0 Å². The zero-order chi connectivity index (χ0) is 17.7. The average molecular weight is 351 g/mol. The van der Waals surface area contributed by atoms with E-state index in [-0.39, 0.29) is 11.5 Å². The van der Waals surface area contributed by atoms with Gasteiger partial charge in [0.25, 0.3) is 11.1 Å². The molecule has 0 atom stereocenters. The Kier molecular flexibility index (Phi) is 5.86. The van der Waals surface area contributed by atoms with E-state index < -0.39 is 23.7 Å². The third-order valence-corrected chi connectivity index (χ3v) is 4.09. The fourth-order valence-electron chi connectivity index (χ4n) is 2.14. The minimum atomic E-state index is -0.625. The van der Waals surface area contributed by atoms with Crippen LogP contribution in [0, 0.1) is 0 Å². The van der Waals surface area contributed by atoms with Crippen LogP contribution in [-0.2, 0) is 14.3 Å². The van der Waals surface area contributed by atoms with Gasteiger partial charge in [-0.15, -0.1) is 0 Å². The number of esters is 1. The van der Waals surface area contributed by atoms with Crippen LogP contribution >= 0.6 is 11.8 Å². The van der Waals surface area contributed by atoms with E-state index in [0.717, 1.165) is 16.7 Å². The molecule has 7 nitrogen and oxygen atoms in total. The molecule has 0 spiro atoms. The maximum Gasteiger partial charge on any atom is 0.326 e. The number of hydrogen-bond donors (Lipinski definition) is 0. The van der Waals surface area contributed by atoms with E-state index in [4.69, 9.17) is 14.2 Å². The first kappa shape index (κ1) is 17.9. The van der Waals surface area contributed by atoms with Crippen molar-refractivity contribution in [1.29, 1.82) is 0 Å². The highest BCUT2D eigenvalue weighted by atomic mass is 32.2. The van der Waals surface area contributed by atoms with Crippen LogP contribution < -0.4 is 9.47 Å². The summed E-state index contributed by atoms with van der Waals surface area (Å²) < 4.78 is 15.3. The molecular formula is C16H17NO6S. The van der Waals surface area contributed by atoms with Crippen molar-refractivity contribution in [3.05, 3.63) is 28.7 Å². The van der Waals surface area contributed by atoms with Gasteiger partial charge in [0.05, 0.1) is 25.7 Å². The summed E-state index contributed by atoms with van der Waals surface area (Å²) in [6.45, 7) is 1.44. The van der Waals surface area contributed by atoms with Crippen molar-refractivity contribution in [2.45, 2.75) is 6.92 Å². The summed E-state index contributed by atoms with van der Waals surface area (Å²) in [6.07, 6.45) is 1.54. The van der Waals surface area contributed by atoms with Crippen molar-refractivity contribution in [2.24, 2.45) is 0 Å². The Balaban J connectivity index is 2.28. The molecule has 1 aromatic rings. The molecule has 1 heterocycles. The maximum atomic E-state index is 12.4. The smallest absolute Gasteiger partial charge is 0.326 e. The summed E-state index contributed by atoms with van der Waals surface area (Å²) >= 11 is 0.764. The van der Waals surface area contributed by atoms with Crippen LogP contribution in [0.5, 0.6) is 11.5 Å². The summed E-state index contributed by atoms with van der Waals surface area (Å²) in [4.78, 5) is 36.9. The number of benzene rings is 1. The molecule has 8 heteroatoms. The molecule has 24 heavy (non-hydrogen) atoms. The summed E-state index contributed by atoms with van der Waals surface area (Å²) in [6, 6.07) is 5.21. The SMILES string of the molecule is CCOC(=O)CN1C(=O)SC(=Cc2cccc(OC)c2OC)C1=O. The van der Waals surface area contributed by atoms with Crippen LogP contribution in [0.3, 0.4) is 0 Å². The first-order chi connectivity index (χ1) is 11.5. The van der Waals surface area contributed by atoms with E-state index in [1.165, 1.54) is 20.3 Å². The van der Waals surface area contributed by atoms with E-state index in [9.17, 15) is 14.4 Å². The van der Waals surface area contributed by atoms with Gasteiger partial charge in [-0.3, -0.25) is 19.3 Å². The van der Waals surface area contributed by atoms with Gasteiger partial charge in [-0.05, 0) is 30.8 Å². The molecule has 0 aliphatic carbocycles. The molecule has 1 aliphatic heterocycles. The van der Waals surface area contributed by atoms with E-state index in [0.29, 0.717) is 17.1 Å². The predicted molar refractivity (Wildman–Crippen MR) is 88.9 cm³/mol. The van der Waals surface area contributed by atoms with Crippen molar-refractivity contribution >= 4 is 35.0 Å². The molecular weight excluding hydrogens is 334 g/mol. The van der Waals surface area contributed by atoms with Crippen molar-refractivity contribution in [2.75, 3.05) is 27.4 Å². The Morgan fingerprint density at radius 2 is 2.00 bits per heavy atom. The van der Waals surface area contributed by atoms with Gasteiger partial charge in [-0.2, -0.15) is 0 Å². The molecule has 1 aliphatic rings. The van der Waals surface area contributed by atoms with E-state index >= 15 is 0 Å². The van der Waals surface area contributed by atoms with Gasteiger partial charge in [0, 0.05) is 5.56 Å². The van der Waals surface area contributed by atoms with Gasteiger partial charge >= 0.3 is 5.97 Å². The highest BCUT2D eigenvalue weighted by Gasteiger charge is 2.36. The highest BCUT2D eigenvalue weighted by molar-refractivity contribution is 8.18. The predicted octanol–water partition coefficient (Wildman–Crippen LogP) is 2.30. The molecule has 0 bridgehead atoms. The molecule has 0 saturated carbocycles. The third kappa shape index (κ3) is 3.70. The standard InChI is InChI=1S/C16H17NO6S/c1-4-23-13(18)9-17-15(19)12(24-16(17)20)8-10-6-5-7-11(21-2)14(10)22-3/h5-8H,4,9H2,1-3H3. The first-order valence-corrected chi connectivity index (χ1v) is 7.95. The molecule has 2 rings (SSSR count). The van der Waals surface area contributed by atoms with E-state index in [1.54, 1.807) is 25.1 Å². The van der Waals surface area contributed by atoms with Crippen LogP contribution in [-0.4, -0.2) is 49.4 Å². The quantitative estimate of drug-likeness (QED) is 0.574. The van der Waals surface area contributed by atoms with Gasteiger partial charge in [-0.25, -0.2) is 0 Å². The highest BCUT2D eigenvalue weighted by Crippen LogP contribution is 2.37. The van der Waals surface area contributed by atoms with Gasteiger partial charge in [0.15, 0.2) is 11.5 Å². The Morgan fingerprint density at radius 1 is 1.25 bits per heavy atom. The van der Waals surface area contributed by atoms with Crippen LogP contribution in [0.4, 0.5) is 4.79 Å². The second kappa shape index (κ2) is 7.87. The molecule has 1 fully saturated rings. The number of amides is 2. The third-order valence-electron chi connectivity index (χ3n) is 3.19. The van der Waals surface area contributed by atoms with Crippen molar-refractivity contribution in [1.82, 2.24) is 4.90 Å². The number of hydrogen-bond acceptors (Lipinski definition) is 7. The van der Waals surface area contributed by atoms with E-state index in [1.807, 2.05) is 0 Å². The topological polar surface area (TPSA) is 82.1 Å². The fraction of sp³-hybridized carbons (Fsp3) is 0.312. The number of carbonyl (C=O) groups excluding carboxylic acids is 3. The molecule has 2 amide bonds. The molecule has 1 saturated heterocycles. The lowest BCUT2D eigenvalue weighted by molar-refractivity contribution is -0.145. The number of imide groups is 1. The molecule has 0 unspecified atom stereocenters. The van der Waals surface area contributed by atoms with Crippen LogP contribution in [0.25, 0.3) is 6.08 Å².